The van der Waals surface area contributed by atoms with E-state index in [0.29, 0.717) is 11.8 Å². The van der Waals surface area contributed by atoms with Crippen LogP contribution in [0.2, 0.25) is 0 Å². The fourth-order valence-corrected chi connectivity index (χ4v) is 2.78. The highest BCUT2D eigenvalue weighted by molar-refractivity contribution is 5.56. The smallest absolute Gasteiger partial charge is 0.316 e. The fraction of sp³-hybridized carbons (Fsp3) is 0.333. The number of hydrogen-bond acceptors (Lipinski definition) is 7. The van der Waals surface area contributed by atoms with Gasteiger partial charge < -0.3 is 15.4 Å². The van der Waals surface area contributed by atoms with Crippen molar-refractivity contribution in [1.82, 2.24) is 24.6 Å². The third-order valence-electron chi connectivity index (χ3n) is 3.95. The van der Waals surface area contributed by atoms with E-state index >= 15 is 0 Å². The number of anilines is 2. The predicted molar refractivity (Wildman–Crippen MR) is 85.3 cm³/mol. The number of hydrogen-bond donors (Lipinski definition) is 1. The van der Waals surface area contributed by atoms with Gasteiger partial charge in [0.15, 0.2) is 5.65 Å². The third-order valence-corrected chi connectivity index (χ3v) is 3.95. The molecule has 0 spiro atoms. The number of fused-ring (bicyclic) bond motifs is 1. The Kier molecular flexibility index (Phi) is 3.41. The van der Waals surface area contributed by atoms with Crippen LogP contribution >= 0.6 is 0 Å². The summed E-state index contributed by atoms with van der Waals surface area (Å²) in [6, 6.07) is 5.93. The number of rotatable bonds is 3. The highest BCUT2D eigenvalue weighted by atomic mass is 16.5. The van der Waals surface area contributed by atoms with Gasteiger partial charge in [0.1, 0.15) is 17.7 Å². The van der Waals surface area contributed by atoms with Crippen LogP contribution in [0, 0.1) is 0 Å². The van der Waals surface area contributed by atoms with Crippen LogP contribution in [0.25, 0.3) is 5.65 Å². The maximum Gasteiger partial charge on any atom is 0.316 e. The summed E-state index contributed by atoms with van der Waals surface area (Å²) < 4.78 is 7.44. The van der Waals surface area contributed by atoms with Crippen LogP contribution in [-0.4, -0.2) is 43.8 Å². The van der Waals surface area contributed by atoms with Gasteiger partial charge in [-0.1, -0.05) is 0 Å². The van der Waals surface area contributed by atoms with Crippen LogP contribution < -0.4 is 15.4 Å². The Morgan fingerprint density at radius 2 is 1.91 bits per heavy atom. The second-order valence-electron chi connectivity index (χ2n) is 5.48. The molecule has 0 bridgehead atoms. The van der Waals surface area contributed by atoms with Crippen molar-refractivity contribution in [2.24, 2.45) is 0 Å². The molecular weight excluding hydrogens is 294 g/mol. The van der Waals surface area contributed by atoms with Crippen molar-refractivity contribution in [3.63, 3.8) is 0 Å². The van der Waals surface area contributed by atoms with Crippen molar-refractivity contribution in [2.45, 2.75) is 18.9 Å². The lowest BCUT2D eigenvalue weighted by molar-refractivity contribution is 0.156. The highest BCUT2D eigenvalue weighted by Crippen LogP contribution is 2.22. The quantitative estimate of drug-likeness (QED) is 0.775. The van der Waals surface area contributed by atoms with Crippen molar-refractivity contribution >= 4 is 17.3 Å². The van der Waals surface area contributed by atoms with E-state index in [4.69, 9.17) is 10.5 Å². The number of aromatic nitrogens is 5. The molecule has 0 aromatic carbocycles. The zero-order chi connectivity index (χ0) is 15.6. The molecule has 0 atom stereocenters. The molecule has 0 amide bonds. The van der Waals surface area contributed by atoms with E-state index in [1.54, 1.807) is 29.2 Å². The Balaban J connectivity index is 1.44. The molecule has 8 nitrogen and oxygen atoms in total. The summed E-state index contributed by atoms with van der Waals surface area (Å²) >= 11 is 0. The Hall–Kier alpha value is -2.90. The van der Waals surface area contributed by atoms with Gasteiger partial charge in [-0.15, -0.1) is 0 Å². The van der Waals surface area contributed by atoms with Crippen LogP contribution in [-0.2, 0) is 0 Å². The van der Waals surface area contributed by atoms with E-state index in [9.17, 15) is 0 Å². The molecule has 1 fully saturated rings. The van der Waals surface area contributed by atoms with Crippen molar-refractivity contribution in [2.75, 3.05) is 23.7 Å². The first-order chi connectivity index (χ1) is 11.3. The Morgan fingerprint density at radius 1 is 1.13 bits per heavy atom. The number of nitrogens with two attached hydrogens (primary N) is 1. The first kappa shape index (κ1) is 13.7. The average molecular weight is 311 g/mol. The van der Waals surface area contributed by atoms with Crippen molar-refractivity contribution < 1.29 is 4.74 Å². The molecule has 0 unspecified atom stereocenters. The summed E-state index contributed by atoms with van der Waals surface area (Å²) in [7, 11) is 0. The monoisotopic (exact) mass is 311 g/mol. The summed E-state index contributed by atoms with van der Waals surface area (Å²) in [5.41, 5.74) is 6.79. The Labute approximate surface area is 132 Å². The van der Waals surface area contributed by atoms with Gasteiger partial charge in [0.2, 0.25) is 0 Å². The Morgan fingerprint density at radius 3 is 2.70 bits per heavy atom. The van der Waals surface area contributed by atoms with Gasteiger partial charge in [0.05, 0.1) is 6.20 Å². The van der Waals surface area contributed by atoms with Gasteiger partial charge in [-0.2, -0.15) is 9.61 Å². The minimum atomic E-state index is 0.129. The van der Waals surface area contributed by atoms with E-state index < -0.39 is 0 Å². The third kappa shape index (κ3) is 2.75. The normalized spacial score (nSPS) is 15.9. The van der Waals surface area contributed by atoms with Crippen LogP contribution in [0.1, 0.15) is 12.8 Å². The van der Waals surface area contributed by atoms with Crippen molar-refractivity contribution in [3.8, 4) is 6.01 Å². The van der Waals surface area contributed by atoms with Crippen LogP contribution in [0.15, 0.2) is 36.8 Å². The van der Waals surface area contributed by atoms with Gasteiger partial charge in [-0.05, 0) is 6.07 Å². The fourth-order valence-electron chi connectivity index (χ4n) is 2.78. The minimum absolute atomic E-state index is 0.129. The molecule has 23 heavy (non-hydrogen) atoms. The number of piperidine rings is 1. The molecule has 2 N–H and O–H groups in total. The molecule has 4 heterocycles. The lowest BCUT2D eigenvalue weighted by Crippen LogP contribution is -2.39. The standard InChI is InChI=1S/C15H17N7O/c16-12-10-14(20-13-2-7-19-22(12)13)21-8-3-11(4-9-21)23-15-17-5-1-6-18-15/h1-2,5-7,10-11H,3-4,8-9,16H2. The highest BCUT2D eigenvalue weighted by Gasteiger charge is 2.22. The van der Waals surface area contributed by atoms with E-state index in [1.807, 2.05) is 12.1 Å². The van der Waals surface area contributed by atoms with E-state index in [2.05, 4.69) is 25.0 Å². The summed E-state index contributed by atoms with van der Waals surface area (Å²) in [5.74, 6) is 1.47. The zero-order valence-corrected chi connectivity index (χ0v) is 12.5. The molecule has 1 aliphatic heterocycles. The molecule has 1 saturated heterocycles. The first-order valence-corrected chi connectivity index (χ1v) is 7.58. The number of nitrogen functional groups attached to an aromatic ring is 1. The molecule has 8 heteroatoms. The molecular formula is C15H17N7O. The summed E-state index contributed by atoms with van der Waals surface area (Å²) in [6.45, 7) is 1.71. The topological polar surface area (TPSA) is 94.5 Å². The molecule has 0 radical (unpaired) electrons. The average Bonchev–Trinajstić information content (AvgIpc) is 3.06. The molecule has 118 valence electrons. The minimum Gasteiger partial charge on any atom is -0.460 e. The molecule has 0 saturated carbocycles. The molecule has 3 aromatic heterocycles. The number of ether oxygens (including phenoxy) is 1. The van der Waals surface area contributed by atoms with Crippen molar-refractivity contribution in [1.29, 1.82) is 0 Å². The Bertz CT molecular complexity index is 796. The van der Waals surface area contributed by atoms with Crippen molar-refractivity contribution in [3.05, 3.63) is 36.8 Å². The summed E-state index contributed by atoms with van der Waals surface area (Å²) in [5, 5.41) is 4.14. The predicted octanol–water partition coefficient (Wildman–Crippen LogP) is 1.15. The number of nitrogens with zero attached hydrogens (tertiary/aromatic N) is 6. The zero-order valence-electron chi connectivity index (χ0n) is 12.5. The van der Waals surface area contributed by atoms with Gasteiger partial charge in [0.25, 0.3) is 0 Å². The second-order valence-corrected chi connectivity index (χ2v) is 5.48. The molecule has 0 aliphatic carbocycles. The lowest BCUT2D eigenvalue weighted by Gasteiger charge is -2.32. The lowest BCUT2D eigenvalue weighted by atomic mass is 10.1. The van der Waals surface area contributed by atoms with Gasteiger partial charge in [-0.3, -0.25) is 0 Å². The maximum atomic E-state index is 6.03. The van der Waals surface area contributed by atoms with E-state index in [-0.39, 0.29) is 6.10 Å². The molecule has 1 aliphatic rings. The first-order valence-electron chi connectivity index (χ1n) is 7.58. The molecule has 3 aromatic rings. The van der Waals surface area contributed by atoms with Gasteiger partial charge in [-0.25, -0.2) is 15.0 Å². The maximum absolute atomic E-state index is 6.03. The van der Waals surface area contributed by atoms with Gasteiger partial charge in [0, 0.05) is 50.5 Å². The second kappa shape index (κ2) is 5.71. The van der Waals surface area contributed by atoms with Gasteiger partial charge >= 0.3 is 6.01 Å². The SMILES string of the molecule is Nc1cc(N2CCC(Oc3ncccn3)CC2)nc2ccnn12. The van der Waals surface area contributed by atoms with E-state index in [1.165, 1.54) is 0 Å². The van der Waals surface area contributed by atoms with Crippen LogP contribution in [0.4, 0.5) is 11.6 Å². The molecule has 4 rings (SSSR count). The largest absolute Gasteiger partial charge is 0.460 e. The summed E-state index contributed by atoms with van der Waals surface area (Å²) in [4.78, 5) is 15.0. The van der Waals surface area contributed by atoms with Crippen LogP contribution in [0.3, 0.4) is 0 Å². The van der Waals surface area contributed by atoms with Crippen LogP contribution in [0.5, 0.6) is 6.01 Å². The van der Waals surface area contributed by atoms with E-state index in [0.717, 1.165) is 37.4 Å². The summed E-state index contributed by atoms with van der Waals surface area (Å²) in [6.07, 6.45) is 6.98.